The molecule has 124 valence electrons. The predicted molar refractivity (Wildman–Crippen MR) is 96.8 cm³/mol. The Bertz CT molecular complexity index is 876. The van der Waals surface area contributed by atoms with Crippen LogP contribution in [0.1, 0.15) is 20.3 Å². The van der Waals surface area contributed by atoms with Crippen molar-refractivity contribution < 1.29 is 9.21 Å². The van der Waals surface area contributed by atoms with Crippen molar-refractivity contribution >= 4 is 28.9 Å². The van der Waals surface area contributed by atoms with Gasteiger partial charge in [-0.1, -0.05) is 17.8 Å². The number of ketones is 1. The molecule has 0 N–H and O–H groups in total. The number of carbonyl (C=O) groups is 1. The highest BCUT2D eigenvalue weighted by Gasteiger charge is 2.18. The Morgan fingerprint density at radius 3 is 2.83 bits per heavy atom. The normalized spacial score (nSPS) is 10.9. The van der Waals surface area contributed by atoms with Gasteiger partial charge in [-0.3, -0.25) is 9.36 Å². The highest BCUT2D eigenvalue weighted by atomic mass is 32.2. The lowest BCUT2D eigenvalue weighted by molar-refractivity contribution is 0.102. The number of Topliss-reactive ketones (excluding diaryl/α,β-unsaturated/α-hetero) is 1. The fourth-order valence-electron chi connectivity index (χ4n) is 2.29. The number of hydrogen-bond acceptors (Lipinski definition) is 6. The minimum absolute atomic E-state index is 0.104. The largest absolute Gasteiger partial charge is 0.469 e. The molecule has 0 aliphatic rings. The Balaban J connectivity index is 1.81. The number of rotatable bonds is 7. The molecule has 5 nitrogen and oxygen atoms in total. The van der Waals surface area contributed by atoms with Crippen LogP contribution in [-0.4, -0.2) is 26.3 Å². The fraction of sp³-hybridized carbons (Fsp3) is 0.235. The molecule has 0 aliphatic heterocycles. The molecule has 0 saturated heterocycles. The lowest BCUT2D eigenvalue weighted by Gasteiger charge is -2.06. The summed E-state index contributed by atoms with van der Waals surface area (Å²) in [7, 11) is 0. The monoisotopic (exact) mass is 359 g/mol. The van der Waals surface area contributed by atoms with E-state index >= 15 is 0 Å². The van der Waals surface area contributed by atoms with Crippen LogP contribution in [0.3, 0.4) is 0 Å². The number of furan rings is 1. The lowest BCUT2D eigenvalue weighted by atomic mass is 10.2. The van der Waals surface area contributed by atoms with Crippen LogP contribution in [0.25, 0.3) is 11.4 Å². The summed E-state index contributed by atoms with van der Waals surface area (Å²) >= 11 is 2.91. The highest BCUT2D eigenvalue weighted by molar-refractivity contribution is 7.99. The van der Waals surface area contributed by atoms with Crippen molar-refractivity contribution in [2.45, 2.75) is 25.5 Å². The summed E-state index contributed by atoms with van der Waals surface area (Å²) in [5.74, 6) is 1.95. The molecular formula is C17H17N3O2S2. The Hall–Kier alpha value is -2.12. The number of carbonyl (C=O) groups excluding carboxylic acids is 1. The zero-order valence-corrected chi connectivity index (χ0v) is 15.1. The maximum absolute atomic E-state index is 12.3. The number of aromatic nitrogens is 3. The third-order valence-electron chi connectivity index (χ3n) is 3.48. The SMILES string of the molecule is C=CCn1c(SCC(=O)c2ccc(C)s2)nnc1-c1ccoc1C. The van der Waals surface area contributed by atoms with Crippen molar-refractivity contribution in [3.05, 3.63) is 52.6 Å². The van der Waals surface area contributed by atoms with E-state index in [2.05, 4.69) is 16.8 Å². The second kappa shape index (κ2) is 7.19. The Morgan fingerprint density at radius 2 is 2.21 bits per heavy atom. The van der Waals surface area contributed by atoms with Gasteiger partial charge in [-0.2, -0.15) is 0 Å². The number of aryl methyl sites for hydroxylation is 2. The van der Waals surface area contributed by atoms with Crippen LogP contribution >= 0.6 is 23.1 Å². The molecule has 3 heterocycles. The Labute approximate surface area is 148 Å². The maximum atomic E-state index is 12.3. The molecule has 7 heteroatoms. The van der Waals surface area contributed by atoms with Gasteiger partial charge >= 0.3 is 0 Å². The van der Waals surface area contributed by atoms with Crippen LogP contribution in [-0.2, 0) is 6.54 Å². The van der Waals surface area contributed by atoms with E-state index in [1.54, 1.807) is 12.3 Å². The molecule has 0 aromatic carbocycles. The Kier molecular flexibility index (Phi) is 5.01. The van der Waals surface area contributed by atoms with Gasteiger partial charge in [0, 0.05) is 11.4 Å². The lowest BCUT2D eigenvalue weighted by Crippen LogP contribution is -2.04. The molecule has 0 saturated carbocycles. The van der Waals surface area contributed by atoms with Crippen molar-refractivity contribution in [3.63, 3.8) is 0 Å². The number of nitrogens with zero attached hydrogens (tertiary/aromatic N) is 3. The summed E-state index contributed by atoms with van der Waals surface area (Å²) in [6.07, 6.45) is 3.42. The number of thiophene rings is 1. The van der Waals surface area contributed by atoms with E-state index in [1.165, 1.54) is 23.1 Å². The average molecular weight is 359 g/mol. The second-order valence-electron chi connectivity index (χ2n) is 5.22. The predicted octanol–water partition coefficient (Wildman–Crippen LogP) is 4.38. The average Bonchev–Trinajstić information content (AvgIpc) is 3.26. The molecule has 0 amide bonds. The molecule has 0 fully saturated rings. The zero-order valence-electron chi connectivity index (χ0n) is 13.5. The van der Waals surface area contributed by atoms with Crippen LogP contribution < -0.4 is 0 Å². The molecule has 0 aliphatic carbocycles. The summed E-state index contributed by atoms with van der Waals surface area (Å²) in [5.41, 5.74) is 0.899. The maximum Gasteiger partial charge on any atom is 0.192 e. The topological polar surface area (TPSA) is 60.9 Å². The summed E-state index contributed by atoms with van der Waals surface area (Å²) in [6, 6.07) is 5.70. The summed E-state index contributed by atoms with van der Waals surface area (Å²) in [6.45, 7) is 8.25. The minimum atomic E-state index is 0.104. The second-order valence-corrected chi connectivity index (χ2v) is 7.45. The van der Waals surface area contributed by atoms with E-state index < -0.39 is 0 Å². The van der Waals surface area contributed by atoms with Gasteiger partial charge in [0.05, 0.1) is 22.5 Å². The molecule has 3 rings (SSSR count). The minimum Gasteiger partial charge on any atom is -0.469 e. The number of hydrogen-bond donors (Lipinski definition) is 0. The van der Waals surface area contributed by atoms with Crippen LogP contribution in [0.2, 0.25) is 0 Å². The van der Waals surface area contributed by atoms with E-state index in [-0.39, 0.29) is 5.78 Å². The standard InChI is InChI=1S/C17H17N3O2S2/c1-4-8-20-16(13-7-9-22-12(13)3)18-19-17(20)23-10-14(21)15-6-5-11(2)24-15/h4-7,9H,1,8,10H2,2-3H3. The van der Waals surface area contributed by atoms with Crippen LogP contribution in [0, 0.1) is 13.8 Å². The quantitative estimate of drug-likeness (QED) is 0.356. The summed E-state index contributed by atoms with van der Waals surface area (Å²) < 4.78 is 7.30. The molecule has 3 aromatic heterocycles. The molecule has 0 radical (unpaired) electrons. The first-order chi connectivity index (χ1) is 11.6. The summed E-state index contributed by atoms with van der Waals surface area (Å²) in [5, 5.41) is 9.21. The van der Waals surface area contributed by atoms with E-state index in [0.29, 0.717) is 17.5 Å². The molecule has 3 aromatic rings. The molecule has 0 atom stereocenters. The van der Waals surface area contributed by atoms with E-state index in [9.17, 15) is 4.79 Å². The smallest absolute Gasteiger partial charge is 0.192 e. The van der Waals surface area contributed by atoms with Crippen molar-refractivity contribution in [2.24, 2.45) is 0 Å². The first kappa shape index (κ1) is 16.7. The van der Waals surface area contributed by atoms with E-state index in [0.717, 1.165) is 26.9 Å². The molecule has 0 unspecified atom stereocenters. The molecular weight excluding hydrogens is 342 g/mol. The zero-order chi connectivity index (χ0) is 17.1. The third-order valence-corrected chi connectivity index (χ3v) is 5.48. The van der Waals surface area contributed by atoms with Crippen LogP contribution in [0.5, 0.6) is 0 Å². The first-order valence-electron chi connectivity index (χ1n) is 7.41. The van der Waals surface area contributed by atoms with Gasteiger partial charge in [0.15, 0.2) is 16.8 Å². The van der Waals surface area contributed by atoms with Gasteiger partial charge in [-0.25, -0.2) is 0 Å². The van der Waals surface area contributed by atoms with Gasteiger partial charge in [-0.05, 0) is 32.0 Å². The van der Waals surface area contributed by atoms with Gasteiger partial charge in [-0.15, -0.1) is 28.1 Å². The van der Waals surface area contributed by atoms with Crippen molar-refractivity contribution in [3.8, 4) is 11.4 Å². The van der Waals surface area contributed by atoms with Gasteiger partial charge in [0.1, 0.15) is 5.76 Å². The molecule has 0 bridgehead atoms. The van der Waals surface area contributed by atoms with E-state index in [1.807, 2.05) is 36.6 Å². The van der Waals surface area contributed by atoms with Crippen molar-refractivity contribution in [2.75, 3.05) is 5.75 Å². The molecule has 0 spiro atoms. The van der Waals surface area contributed by atoms with Gasteiger partial charge in [0.25, 0.3) is 0 Å². The van der Waals surface area contributed by atoms with Crippen LogP contribution in [0.15, 0.2) is 46.7 Å². The first-order valence-corrected chi connectivity index (χ1v) is 9.21. The number of thioether (sulfide) groups is 1. The Morgan fingerprint density at radius 1 is 1.38 bits per heavy atom. The van der Waals surface area contributed by atoms with Crippen LogP contribution in [0.4, 0.5) is 0 Å². The highest BCUT2D eigenvalue weighted by Crippen LogP contribution is 2.28. The van der Waals surface area contributed by atoms with Crippen molar-refractivity contribution in [1.29, 1.82) is 0 Å². The molecule has 24 heavy (non-hydrogen) atoms. The number of allylic oxidation sites excluding steroid dienone is 1. The third kappa shape index (κ3) is 3.37. The van der Waals surface area contributed by atoms with Crippen molar-refractivity contribution in [1.82, 2.24) is 14.8 Å². The summed E-state index contributed by atoms with van der Waals surface area (Å²) in [4.78, 5) is 14.2. The van der Waals surface area contributed by atoms with Gasteiger partial charge in [0.2, 0.25) is 0 Å². The van der Waals surface area contributed by atoms with Gasteiger partial charge < -0.3 is 4.42 Å². The van der Waals surface area contributed by atoms with E-state index in [4.69, 9.17) is 4.42 Å². The fourth-order valence-corrected chi connectivity index (χ4v) is 4.02.